The molecule has 0 saturated heterocycles. The SMILES string of the molecule is CCO/C=N/C1=C(C#N)C(c2ccccc2)c2sc3nnc(-c4ccccc4)c(-c4ccccc4)c3c2O1. The van der Waals surface area contributed by atoms with E-state index in [0.717, 1.165) is 43.0 Å². The zero-order valence-corrected chi connectivity index (χ0v) is 21.4. The smallest absolute Gasteiger partial charge is 0.236 e. The summed E-state index contributed by atoms with van der Waals surface area (Å²) in [4.78, 5) is 6.06. The van der Waals surface area contributed by atoms with Crippen LogP contribution < -0.4 is 4.74 Å². The van der Waals surface area contributed by atoms with E-state index in [9.17, 15) is 5.26 Å². The van der Waals surface area contributed by atoms with Crippen LogP contribution in [0, 0.1) is 11.3 Å². The number of hydrogen-bond acceptors (Lipinski definition) is 7. The number of benzene rings is 3. The Morgan fingerprint density at radius 1 is 0.947 bits per heavy atom. The minimum atomic E-state index is -0.360. The second-order valence-electron chi connectivity index (χ2n) is 8.60. The molecular formula is C31H22N4O2S. The molecule has 184 valence electrons. The number of aliphatic imine (C=N–C) groups is 1. The molecule has 0 bridgehead atoms. The highest BCUT2D eigenvalue weighted by atomic mass is 32.1. The van der Waals surface area contributed by atoms with E-state index in [1.54, 1.807) is 0 Å². The summed E-state index contributed by atoms with van der Waals surface area (Å²) < 4.78 is 11.8. The molecule has 1 aliphatic rings. The van der Waals surface area contributed by atoms with Gasteiger partial charge >= 0.3 is 0 Å². The lowest BCUT2D eigenvalue weighted by molar-refractivity contribution is 0.336. The molecule has 6 rings (SSSR count). The number of thiophene rings is 1. The first-order chi connectivity index (χ1) is 18.8. The Balaban J connectivity index is 1.68. The number of nitrogens with zero attached hydrogens (tertiary/aromatic N) is 4. The first-order valence-corrected chi connectivity index (χ1v) is 13.1. The van der Waals surface area contributed by atoms with E-state index in [2.05, 4.69) is 28.3 Å². The van der Waals surface area contributed by atoms with Crippen molar-refractivity contribution < 1.29 is 9.47 Å². The molecule has 0 fully saturated rings. The maximum Gasteiger partial charge on any atom is 0.236 e. The molecule has 0 radical (unpaired) electrons. The van der Waals surface area contributed by atoms with Gasteiger partial charge in [0, 0.05) is 11.1 Å². The van der Waals surface area contributed by atoms with Crippen molar-refractivity contribution in [2.45, 2.75) is 12.8 Å². The zero-order valence-electron chi connectivity index (χ0n) is 20.5. The number of fused-ring (bicyclic) bond motifs is 3. The van der Waals surface area contributed by atoms with Crippen LogP contribution in [0.1, 0.15) is 23.3 Å². The van der Waals surface area contributed by atoms with Crippen LogP contribution in [0.25, 0.3) is 32.6 Å². The van der Waals surface area contributed by atoms with Crippen LogP contribution >= 0.6 is 11.3 Å². The van der Waals surface area contributed by atoms with Gasteiger partial charge in [0.2, 0.25) is 5.88 Å². The van der Waals surface area contributed by atoms with Crippen molar-refractivity contribution in [2.24, 2.45) is 4.99 Å². The fourth-order valence-corrected chi connectivity index (χ4v) is 5.88. The van der Waals surface area contributed by atoms with Gasteiger partial charge in [0.25, 0.3) is 0 Å². The van der Waals surface area contributed by atoms with Gasteiger partial charge in [0.1, 0.15) is 17.3 Å². The van der Waals surface area contributed by atoms with E-state index in [0.29, 0.717) is 17.9 Å². The fraction of sp³-hybridized carbons (Fsp3) is 0.0968. The number of nitriles is 1. The number of rotatable bonds is 6. The second-order valence-corrected chi connectivity index (χ2v) is 9.63. The first kappa shape index (κ1) is 23.6. The van der Waals surface area contributed by atoms with Crippen LogP contribution in [0.4, 0.5) is 0 Å². The Hall–Kier alpha value is -4.80. The summed E-state index contributed by atoms with van der Waals surface area (Å²) in [5.41, 5.74) is 5.05. The summed E-state index contributed by atoms with van der Waals surface area (Å²) in [5, 5.41) is 20.4. The van der Waals surface area contributed by atoms with Crippen molar-refractivity contribution in [1.82, 2.24) is 10.2 Å². The van der Waals surface area contributed by atoms with Crippen LogP contribution in [0.5, 0.6) is 5.75 Å². The largest absolute Gasteiger partial charge is 0.483 e. The lowest BCUT2D eigenvalue weighted by Gasteiger charge is -2.24. The Bertz CT molecular complexity index is 1710. The van der Waals surface area contributed by atoms with Crippen LogP contribution in [-0.4, -0.2) is 23.2 Å². The summed E-state index contributed by atoms with van der Waals surface area (Å²) in [6.45, 7) is 2.34. The molecule has 0 aliphatic carbocycles. The Morgan fingerprint density at radius 3 is 2.26 bits per heavy atom. The molecule has 0 amide bonds. The van der Waals surface area contributed by atoms with Gasteiger partial charge in [0.15, 0.2) is 17.0 Å². The predicted molar refractivity (Wildman–Crippen MR) is 150 cm³/mol. The summed E-state index contributed by atoms with van der Waals surface area (Å²) >= 11 is 1.50. The molecule has 1 atom stereocenters. The third kappa shape index (κ3) is 4.11. The van der Waals surface area contributed by atoms with E-state index in [-0.39, 0.29) is 11.8 Å². The first-order valence-electron chi connectivity index (χ1n) is 12.2. The van der Waals surface area contributed by atoms with Gasteiger partial charge in [-0.3, -0.25) is 0 Å². The van der Waals surface area contributed by atoms with Gasteiger partial charge in [-0.05, 0) is 18.1 Å². The van der Waals surface area contributed by atoms with Crippen molar-refractivity contribution in [3.8, 4) is 34.2 Å². The molecule has 0 saturated carbocycles. The van der Waals surface area contributed by atoms with Gasteiger partial charge < -0.3 is 9.47 Å². The van der Waals surface area contributed by atoms with Gasteiger partial charge in [-0.25, -0.2) is 0 Å². The van der Waals surface area contributed by atoms with Gasteiger partial charge in [0.05, 0.1) is 22.8 Å². The average Bonchev–Trinajstić information content (AvgIpc) is 3.35. The molecule has 0 N–H and O–H groups in total. The van der Waals surface area contributed by atoms with Crippen molar-refractivity contribution in [2.75, 3.05) is 6.61 Å². The summed E-state index contributed by atoms with van der Waals surface area (Å²) in [6.07, 6.45) is 1.33. The highest BCUT2D eigenvalue weighted by Gasteiger charge is 2.36. The second kappa shape index (κ2) is 10.3. The molecule has 38 heavy (non-hydrogen) atoms. The lowest BCUT2D eigenvalue weighted by atomic mass is 9.87. The van der Waals surface area contributed by atoms with Crippen LogP contribution in [-0.2, 0) is 4.74 Å². The van der Waals surface area contributed by atoms with E-state index in [1.807, 2.05) is 85.8 Å². The predicted octanol–water partition coefficient (Wildman–Crippen LogP) is 7.35. The van der Waals surface area contributed by atoms with Crippen molar-refractivity contribution >= 4 is 28.0 Å². The maximum absolute atomic E-state index is 10.2. The van der Waals surface area contributed by atoms with E-state index < -0.39 is 0 Å². The van der Waals surface area contributed by atoms with Gasteiger partial charge in [-0.2, -0.15) is 10.3 Å². The van der Waals surface area contributed by atoms with Gasteiger partial charge in [-0.15, -0.1) is 21.5 Å². The minimum Gasteiger partial charge on any atom is -0.483 e. The van der Waals surface area contributed by atoms with Crippen LogP contribution in [0.3, 0.4) is 0 Å². The maximum atomic E-state index is 10.2. The molecule has 7 heteroatoms. The van der Waals surface area contributed by atoms with E-state index >= 15 is 0 Å². The minimum absolute atomic E-state index is 0.221. The third-order valence-corrected chi connectivity index (χ3v) is 7.47. The summed E-state index contributed by atoms with van der Waals surface area (Å²) in [7, 11) is 0. The monoisotopic (exact) mass is 514 g/mol. The average molecular weight is 515 g/mol. The fourth-order valence-electron chi connectivity index (χ4n) is 4.69. The van der Waals surface area contributed by atoms with Crippen LogP contribution in [0.2, 0.25) is 0 Å². The van der Waals surface area contributed by atoms with E-state index in [1.165, 1.54) is 17.7 Å². The van der Waals surface area contributed by atoms with Gasteiger partial charge in [-0.1, -0.05) is 91.0 Å². The van der Waals surface area contributed by atoms with Crippen molar-refractivity contribution in [1.29, 1.82) is 5.26 Å². The molecule has 1 unspecified atom stereocenters. The summed E-state index contributed by atoms with van der Waals surface area (Å²) in [5.74, 6) is 0.508. The summed E-state index contributed by atoms with van der Waals surface area (Å²) in [6, 6.07) is 32.4. The highest BCUT2D eigenvalue weighted by Crippen LogP contribution is 2.53. The number of ether oxygens (including phenoxy) is 2. The van der Waals surface area contributed by atoms with Crippen molar-refractivity contribution in [3.63, 3.8) is 0 Å². The molecule has 1 aliphatic heterocycles. The highest BCUT2D eigenvalue weighted by molar-refractivity contribution is 7.19. The molecule has 3 heterocycles. The Kier molecular flexibility index (Phi) is 6.39. The van der Waals surface area contributed by atoms with Crippen molar-refractivity contribution in [3.05, 3.63) is 113 Å². The molecule has 5 aromatic rings. The standard InChI is InChI=1S/C31H22N4O2S/c1-2-36-19-33-30-23(18-32)24(20-12-6-3-7-13-20)29-28(37-30)26-25(21-14-8-4-9-15-21)27(34-35-31(26)38-29)22-16-10-5-11-17-22/h3-17,19,24H,2H2,1H3/b33-19+. The zero-order chi connectivity index (χ0) is 25.9. The molecular weight excluding hydrogens is 492 g/mol. The molecule has 0 spiro atoms. The molecule has 2 aromatic heterocycles. The lowest BCUT2D eigenvalue weighted by Crippen LogP contribution is -2.14. The number of aromatic nitrogens is 2. The third-order valence-electron chi connectivity index (χ3n) is 6.35. The molecule has 6 nitrogen and oxygen atoms in total. The normalized spacial score (nSPS) is 14.8. The van der Waals surface area contributed by atoms with Crippen LogP contribution in [0.15, 0.2) is 107 Å². The Labute approximate surface area is 224 Å². The van der Waals surface area contributed by atoms with E-state index in [4.69, 9.17) is 14.6 Å². The number of allylic oxidation sites excluding steroid dienone is 1. The number of hydrogen-bond donors (Lipinski definition) is 0. The quantitative estimate of drug-likeness (QED) is 0.175. The molecule has 3 aromatic carbocycles. The topological polar surface area (TPSA) is 80.4 Å². The Morgan fingerprint density at radius 2 is 1.61 bits per heavy atom.